The molecule has 0 N–H and O–H groups in total. The number of nitrogens with zero attached hydrogens (tertiary/aromatic N) is 2. The van der Waals surface area contributed by atoms with Crippen molar-refractivity contribution in [2.75, 3.05) is 6.61 Å². The van der Waals surface area contributed by atoms with Crippen molar-refractivity contribution in [3.8, 4) is 0 Å². The number of carbonyl (C=O) groups excluding carboxylic acids is 1. The molecular formula is C14H12N2O3. The number of benzene rings is 1. The molecule has 2 unspecified atom stereocenters. The third-order valence-electron chi connectivity index (χ3n) is 3.78. The van der Waals surface area contributed by atoms with E-state index in [2.05, 4.69) is 4.99 Å². The molecule has 96 valence electrons. The number of aliphatic imine (C=N–C) groups is 1. The lowest BCUT2D eigenvalue weighted by Crippen LogP contribution is -2.56. The molecule has 0 aliphatic carbocycles. The summed E-state index contributed by atoms with van der Waals surface area (Å²) in [7, 11) is 0. The van der Waals surface area contributed by atoms with Gasteiger partial charge in [-0.05, 0) is 5.56 Å². The largest absolute Gasteiger partial charge is 0.472 e. The summed E-state index contributed by atoms with van der Waals surface area (Å²) in [6.45, 7) is 0.550. The Bertz CT molecular complexity index is 596. The predicted molar refractivity (Wildman–Crippen MR) is 67.4 cm³/mol. The number of ether oxygens (including phenoxy) is 2. The number of amides is 2. The molecule has 3 aliphatic heterocycles. The third-order valence-corrected chi connectivity index (χ3v) is 3.78. The van der Waals surface area contributed by atoms with Crippen LogP contribution in [-0.2, 0) is 15.1 Å². The molecule has 1 saturated heterocycles. The Morgan fingerprint density at radius 1 is 1.32 bits per heavy atom. The van der Waals surface area contributed by atoms with Crippen LogP contribution < -0.4 is 0 Å². The maximum absolute atomic E-state index is 11.9. The highest BCUT2D eigenvalue weighted by Gasteiger charge is 2.58. The van der Waals surface area contributed by atoms with E-state index in [1.165, 1.54) is 11.2 Å². The average Bonchev–Trinajstić information content (AvgIpc) is 3.06. The van der Waals surface area contributed by atoms with Crippen molar-refractivity contribution in [3.63, 3.8) is 0 Å². The van der Waals surface area contributed by atoms with Gasteiger partial charge in [0.2, 0.25) is 6.23 Å². The highest BCUT2D eigenvalue weighted by Crippen LogP contribution is 2.44. The molecule has 5 heteroatoms. The fourth-order valence-corrected chi connectivity index (χ4v) is 2.96. The predicted octanol–water partition coefficient (Wildman–Crippen LogP) is 2.01. The first-order valence-electron chi connectivity index (χ1n) is 6.24. The van der Waals surface area contributed by atoms with Gasteiger partial charge in [0.15, 0.2) is 5.60 Å². The molecule has 2 atom stereocenters. The van der Waals surface area contributed by atoms with E-state index in [1.807, 2.05) is 30.3 Å². The summed E-state index contributed by atoms with van der Waals surface area (Å²) in [6, 6.07) is 9.53. The van der Waals surface area contributed by atoms with Crippen LogP contribution in [-0.4, -0.2) is 29.5 Å². The standard InChI is InChI=1S/C14H12N2O3/c17-13-15-11-6-8-19-14(11,10-4-2-1-3-5-10)12-16(13)7-9-18-12/h1-5,7,9,12H,6,8H2. The molecule has 19 heavy (non-hydrogen) atoms. The van der Waals surface area contributed by atoms with E-state index in [4.69, 9.17) is 9.47 Å². The van der Waals surface area contributed by atoms with E-state index in [1.54, 1.807) is 6.20 Å². The molecule has 0 saturated carbocycles. The Morgan fingerprint density at radius 3 is 3.00 bits per heavy atom. The Hall–Kier alpha value is -2.14. The summed E-state index contributed by atoms with van der Waals surface area (Å²) in [6.07, 6.45) is 3.30. The molecule has 0 bridgehead atoms. The normalized spacial score (nSPS) is 31.8. The Labute approximate surface area is 110 Å². The van der Waals surface area contributed by atoms with Crippen molar-refractivity contribution >= 4 is 11.7 Å². The van der Waals surface area contributed by atoms with Crippen LogP contribution >= 0.6 is 0 Å². The monoisotopic (exact) mass is 256 g/mol. The van der Waals surface area contributed by atoms with E-state index < -0.39 is 11.8 Å². The van der Waals surface area contributed by atoms with Crippen LogP contribution in [0.15, 0.2) is 47.8 Å². The van der Waals surface area contributed by atoms with Gasteiger partial charge in [0.25, 0.3) is 0 Å². The molecule has 3 aliphatic rings. The molecule has 5 nitrogen and oxygen atoms in total. The van der Waals surface area contributed by atoms with Gasteiger partial charge >= 0.3 is 6.03 Å². The molecular weight excluding hydrogens is 244 g/mol. The van der Waals surface area contributed by atoms with E-state index in [-0.39, 0.29) is 6.03 Å². The van der Waals surface area contributed by atoms with Gasteiger partial charge in [0.1, 0.15) is 6.26 Å². The van der Waals surface area contributed by atoms with Crippen molar-refractivity contribution < 1.29 is 14.3 Å². The zero-order chi connectivity index (χ0) is 12.9. The summed E-state index contributed by atoms with van der Waals surface area (Å²) in [4.78, 5) is 17.6. The van der Waals surface area contributed by atoms with Gasteiger partial charge in [-0.15, -0.1) is 0 Å². The molecule has 1 aromatic carbocycles. The quantitative estimate of drug-likeness (QED) is 0.772. The van der Waals surface area contributed by atoms with Crippen LogP contribution in [0.2, 0.25) is 0 Å². The molecule has 1 fully saturated rings. The summed E-state index contributed by atoms with van der Waals surface area (Å²) in [5.41, 5.74) is 0.963. The van der Waals surface area contributed by atoms with Gasteiger partial charge in [-0.1, -0.05) is 30.3 Å². The van der Waals surface area contributed by atoms with Crippen molar-refractivity contribution in [1.82, 2.24) is 4.90 Å². The van der Waals surface area contributed by atoms with Crippen LogP contribution in [0.1, 0.15) is 12.0 Å². The van der Waals surface area contributed by atoms with Gasteiger partial charge < -0.3 is 9.47 Å². The van der Waals surface area contributed by atoms with Crippen molar-refractivity contribution in [1.29, 1.82) is 0 Å². The minimum Gasteiger partial charge on any atom is -0.472 e. The SMILES string of the molecule is O=C1N=C2CCOC2(c2ccccc2)C2OC=CN12. The first kappa shape index (κ1) is 10.8. The molecule has 3 heterocycles. The lowest BCUT2D eigenvalue weighted by atomic mass is 9.85. The molecule has 1 aromatic rings. The first-order valence-corrected chi connectivity index (χ1v) is 6.24. The van der Waals surface area contributed by atoms with Crippen molar-refractivity contribution in [2.45, 2.75) is 18.2 Å². The minimum absolute atomic E-state index is 0.286. The first-order chi connectivity index (χ1) is 9.32. The maximum Gasteiger partial charge on any atom is 0.350 e. The summed E-state index contributed by atoms with van der Waals surface area (Å²) in [5, 5.41) is 0. The Balaban J connectivity index is 1.93. The number of hydrogen-bond acceptors (Lipinski definition) is 3. The minimum atomic E-state index is -0.765. The fourth-order valence-electron chi connectivity index (χ4n) is 2.96. The van der Waals surface area contributed by atoms with E-state index >= 15 is 0 Å². The van der Waals surface area contributed by atoms with Gasteiger partial charge in [0.05, 0.1) is 12.3 Å². The average molecular weight is 256 g/mol. The number of carbonyl (C=O) groups is 1. The van der Waals surface area contributed by atoms with Crippen LogP contribution in [0.4, 0.5) is 4.79 Å². The van der Waals surface area contributed by atoms with Crippen LogP contribution in [0.25, 0.3) is 0 Å². The van der Waals surface area contributed by atoms with Crippen molar-refractivity contribution in [2.24, 2.45) is 4.99 Å². The van der Waals surface area contributed by atoms with Gasteiger partial charge in [0, 0.05) is 12.6 Å². The lowest BCUT2D eigenvalue weighted by molar-refractivity contribution is -0.101. The third kappa shape index (κ3) is 1.28. The molecule has 0 spiro atoms. The van der Waals surface area contributed by atoms with Crippen LogP contribution in [0.3, 0.4) is 0 Å². The Morgan fingerprint density at radius 2 is 2.16 bits per heavy atom. The zero-order valence-corrected chi connectivity index (χ0v) is 10.2. The van der Waals surface area contributed by atoms with Gasteiger partial charge in [-0.2, -0.15) is 4.99 Å². The number of urea groups is 1. The Kier molecular flexibility index (Phi) is 2.08. The molecule has 4 rings (SSSR count). The lowest BCUT2D eigenvalue weighted by Gasteiger charge is -2.40. The summed E-state index contributed by atoms with van der Waals surface area (Å²) < 4.78 is 11.6. The van der Waals surface area contributed by atoms with Gasteiger partial charge in [-0.3, -0.25) is 4.90 Å². The summed E-state index contributed by atoms with van der Waals surface area (Å²) in [5.74, 6) is 0. The molecule has 0 radical (unpaired) electrons. The van der Waals surface area contributed by atoms with E-state index in [9.17, 15) is 4.79 Å². The van der Waals surface area contributed by atoms with Crippen LogP contribution in [0, 0.1) is 0 Å². The van der Waals surface area contributed by atoms with E-state index in [0.717, 1.165) is 11.3 Å². The molecule has 2 amide bonds. The van der Waals surface area contributed by atoms with E-state index in [0.29, 0.717) is 13.0 Å². The number of hydrogen-bond donors (Lipinski definition) is 0. The second-order valence-electron chi connectivity index (χ2n) is 4.72. The van der Waals surface area contributed by atoms with Gasteiger partial charge in [-0.25, -0.2) is 4.79 Å². The highest BCUT2D eigenvalue weighted by molar-refractivity contribution is 6.05. The topological polar surface area (TPSA) is 51.1 Å². The number of fused-ring (bicyclic) bond motifs is 3. The second kappa shape index (κ2) is 3.68. The fraction of sp³-hybridized carbons (Fsp3) is 0.286. The van der Waals surface area contributed by atoms with Crippen LogP contribution in [0.5, 0.6) is 0 Å². The zero-order valence-electron chi connectivity index (χ0n) is 10.2. The van der Waals surface area contributed by atoms with Crippen molar-refractivity contribution in [3.05, 3.63) is 48.4 Å². The maximum atomic E-state index is 11.9. The summed E-state index contributed by atoms with van der Waals surface area (Å²) >= 11 is 0. The molecule has 0 aromatic heterocycles. The second-order valence-corrected chi connectivity index (χ2v) is 4.72. The smallest absolute Gasteiger partial charge is 0.350 e. The number of rotatable bonds is 1. The highest BCUT2D eigenvalue weighted by atomic mass is 16.6.